The van der Waals surface area contributed by atoms with Gasteiger partial charge in [-0.05, 0) is 49.7 Å². The molecule has 4 nitrogen and oxygen atoms in total. The summed E-state index contributed by atoms with van der Waals surface area (Å²) in [5, 5.41) is 0. The molecule has 0 aromatic heterocycles. The lowest BCUT2D eigenvalue weighted by molar-refractivity contribution is -0.131. The summed E-state index contributed by atoms with van der Waals surface area (Å²) in [5.41, 5.74) is 2.65. The van der Waals surface area contributed by atoms with Crippen molar-refractivity contribution in [3.63, 3.8) is 0 Å². The Kier molecular flexibility index (Phi) is 4.51. The second kappa shape index (κ2) is 6.35. The van der Waals surface area contributed by atoms with Crippen LogP contribution in [0.5, 0.6) is 5.75 Å². The maximum Gasteiger partial charge on any atom is 0.308 e. The topological polar surface area (TPSA) is 60.4 Å². The fraction of sp³-hybridized carbons (Fsp3) is 0.167. The summed E-state index contributed by atoms with van der Waals surface area (Å²) in [5.74, 6) is -0.316. The summed E-state index contributed by atoms with van der Waals surface area (Å²) in [6.07, 6.45) is 1.83. The molecule has 0 amide bonds. The zero-order chi connectivity index (χ0) is 16.3. The van der Waals surface area contributed by atoms with E-state index in [0.717, 1.165) is 11.1 Å². The third-order valence-electron chi connectivity index (χ3n) is 3.19. The molecule has 0 aliphatic carbocycles. The van der Waals surface area contributed by atoms with E-state index in [-0.39, 0.29) is 11.3 Å². The number of aryl methyl sites for hydroxylation is 2. The van der Waals surface area contributed by atoms with Crippen molar-refractivity contribution in [1.82, 2.24) is 0 Å². The Labute approximate surface area is 128 Å². The molecule has 2 aromatic carbocycles. The predicted molar refractivity (Wildman–Crippen MR) is 81.9 cm³/mol. The van der Waals surface area contributed by atoms with E-state index in [2.05, 4.69) is 0 Å². The highest BCUT2D eigenvalue weighted by Crippen LogP contribution is 2.21. The zero-order valence-electron chi connectivity index (χ0n) is 12.6. The summed E-state index contributed by atoms with van der Waals surface area (Å²) < 4.78 is 4.93. The van der Waals surface area contributed by atoms with Gasteiger partial charge in [-0.3, -0.25) is 14.4 Å². The van der Waals surface area contributed by atoms with Crippen LogP contribution in [0.2, 0.25) is 0 Å². The van der Waals surface area contributed by atoms with Gasteiger partial charge in [-0.25, -0.2) is 0 Å². The normalized spacial score (nSPS) is 10.1. The van der Waals surface area contributed by atoms with E-state index in [1.54, 1.807) is 37.3 Å². The molecule has 0 saturated heterocycles. The van der Waals surface area contributed by atoms with Gasteiger partial charge in [0.15, 0.2) is 5.78 Å². The van der Waals surface area contributed by atoms with Crippen molar-refractivity contribution in [3.05, 3.63) is 64.2 Å². The highest BCUT2D eigenvalue weighted by Gasteiger charge is 2.17. The second-order valence-corrected chi connectivity index (χ2v) is 5.05. The molecule has 22 heavy (non-hydrogen) atoms. The molecule has 2 rings (SSSR count). The van der Waals surface area contributed by atoms with Crippen molar-refractivity contribution in [2.75, 3.05) is 0 Å². The standard InChI is InChI=1S/C18H15O4/c1-11-8-12(2)17(15(9-11)10-19)18(21)14-4-6-16(7-5-14)22-13(3)20/h4-9H,1-3H3. The minimum absolute atomic E-state index is 0.256. The number of carbonyl (C=O) groups excluding carboxylic acids is 3. The Balaban J connectivity index is 2.40. The minimum Gasteiger partial charge on any atom is -0.427 e. The molecule has 0 fully saturated rings. The van der Waals surface area contributed by atoms with Gasteiger partial charge in [-0.15, -0.1) is 0 Å². The molecule has 2 aromatic rings. The highest BCUT2D eigenvalue weighted by molar-refractivity contribution is 6.13. The van der Waals surface area contributed by atoms with Crippen molar-refractivity contribution in [3.8, 4) is 5.75 Å². The number of hydrogen-bond acceptors (Lipinski definition) is 4. The van der Waals surface area contributed by atoms with E-state index in [1.165, 1.54) is 6.92 Å². The molecule has 0 heterocycles. The first kappa shape index (κ1) is 15.6. The van der Waals surface area contributed by atoms with Crippen LogP contribution in [0.3, 0.4) is 0 Å². The molecular formula is C18H15O4. The van der Waals surface area contributed by atoms with E-state index in [9.17, 15) is 14.4 Å². The summed E-state index contributed by atoms with van der Waals surface area (Å²) in [6.45, 7) is 4.95. The monoisotopic (exact) mass is 295 g/mol. The average molecular weight is 295 g/mol. The van der Waals surface area contributed by atoms with Crippen molar-refractivity contribution in [2.24, 2.45) is 0 Å². The minimum atomic E-state index is -0.425. The lowest BCUT2D eigenvalue weighted by Crippen LogP contribution is -2.09. The Morgan fingerprint density at radius 1 is 1.05 bits per heavy atom. The maximum absolute atomic E-state index is 12.6. The Morgan fingerprint density at radius 3 is 2.23 bits per heavy atom. The van der Waals surface area contributed by atoms with Crippen LogP contribution in [-0.4, -0.2) is 18.0 Å². The molecule has 0 aliphatic rings. The highest BCUT2D eigenvalue weighted by atomic mass is 16.5. The first-order chi connectivity index (χ1) is 10.4. The van der Waals surface area contributed by atoms with E-state index in [0.29, 0.717) is 16.9 Å². The smallest absolute Gasteiger partial charge is 0.308 e. The number of rotatable bonds is 4. The molecule has 111 valence electrons. The number of carbonyl (C=O) groups is 2. The Hall–Kier alpha value is -2.75. The van der Waals surface area contributed by atoms with Gasteiger partial charge < -0.3 is 4.74 Å². The van der Waals surface area contributed by atoms with Crippen LogP contribution >= 0.6 is 0 Å². The van der Waals surface area contributed by atoms with Crippen LogP contribution in [0.1, 0.15) is 39.5 Å². The third-order valence-corrected chi connectivity index (χ3v) is 3.19. The predicted octanol–water partition coefficient (Wildman–Crippen LogP) is 2.92. The molecule has 1 radical (unpaired) electrons. The van der Waals surface area contributed by atoms with Crippen LogP contribution in [0.25, 0.3) is 0 Å². The summed E-state index contributed by atoms with van der Waals surface area (Å²) >= 11 is 0. The van der Waals surface area contributed by atoms with Crippen molar-refractivity contribution in [2.45, 2.75) is 20.8 Å². The number of esters is 1. The van der Waals surface area contributed by atoms with Crippen molar-refractivity contribution >= 4 is 18.0 Å². The van der Waals surface area contributed by atoms with Gasteiger partial charge in [-0.2, -0.15) is 0 Å². The maximum atomic E-state index is 12.6. The first-order valence-corrected chi connectivity index (χ1v) is 6.75. The molecular weight excluding hydrogens is 280 g/mol. The van der Waals surface area contributed by atoms with E-state index < -0.39 is 5.97 Å². The van der Waals surface area contributed by atoms with Crippen molar-refractivity contribution < 1.29 is 19.1 Å². The van der Waals surface area contributed by atoms with Crippen LogP contribution < -0.4 is 4.74 Å². The molecule has 0 spiro atoms. The molecule has 0 aliphatic heterocycles. The average Bonchev–Trinajstić information content (AvgIpc) is 2.46. The molecule has 4 heteroatoms. The fourth-order valence-electron chi connectivity index (χ4n) is 2.33. The Bertz CT molecular complexity index is 742. The second-order valence-electron chi connectivity index (χ2n) is 5.05. The number of ketones is 1. The van der Waals surface area contributed by atoms with Crippen LogP contribution in [0, 0.1) is 13.8 Å². The summed E-state index contributed by atoms with van der Waals surface area (Å²) in [6, 6.07) is 9.70. The number of hydrogen-bond donors (Lipinski definition) is 0. The SMILES string of the molecule is CC(=O)Oc1ccc(C(=O)c2c(C)cc(C)cc2[C]=O)cc1. The molecule has 0 bridgehead atoms. The fourth-order valence-corrected chi connectivity index (χ4v) is 2.33. The van der Waals surface area contributed by atoms with Gasteiger partial charge in [0.25, 0.3) is 0 Å². The van der Waals surface area contributed by atoms with Crippen LogP contribution in [0.4, 0.5) is 0 Å². The largest absolute Gasteiger partial charge is 0.427 e. The summed E-state index contributed by atoms with van der Waals surface area (Å²) in [4.78, 5) is 34.6. The van der Waals surface area contributed by atoms with Gasteiger partial charge >= 0.3 is 5.97 Å². The van der Waals surface area contributed by atoms with Gasteiger partial charge in [0.05, 0.1) is 0 Å². The van der Waals surface area contributed by atoms with Gasteiger partial charge in [-0.1, -0.05) is 11.6 Å². The van der Waals surface area contributed by atoms with E-state index in [4.69, 9.17) is 4.74 Å². The van der Waals surface area contributed by atoms with Crippen molar-refractivity contribution in [1.29, 1.82) is 0 Å². The van der Waals surface area contributed by atoms with Gasteiger partial charge in [0.1, 0.15) is 5.75 Å². The molecule has 0 N–H and O–H groups in total. The molecule has 0 saturated carbocycles. The third kappa shape index (κ3) is 3.28. The van der Waals surface area contributed by atoms with E-state index in [1.807, 2.05) is 19.3 Å². The first-order valence-electron chi connectivity index (χ1n) is 6.75. The lowest BCUT2D eigenvalue weighted by atomic mass is 9.93. The zero-order valence-corrected chi connectivity index (χ0v) is 12.6. The quantitative estimate of drug-likeness (QED) is 0.494. The number of ether oxygens (including phenoxy) is 1. The van der Waals surface area contributed by atoms with E-state index >= 15 is 0 Å². The lowest BCUT2D eigenvalue weighted by Gasteiger charge is -2.09. The summed E-state index contributed by atoms with van der Waals surface area (Å²) in [7, 11) is 0. The van der Waals surface area contributed by atoms with Crippen LogP contribution in [0.15, 0.2) is 36.4 Å². The Morgan fingerprint density at radius 2 is 1.68 bits per heavy atom. The van der Waals surface area contributed by atoms with Crippen LogP contribution in [-0.2, 0) is 9.59 Å². The van der Waals surface area contributed by atoms with Gasteiger partial charge in [0.2, 0.25) is 6.29 Å². The molecule has 0 unspecified atom stereocenters. The number of benzene rings is 2. The molecule has 0 atom stereocenters. The van der Waals surface area contributed by atoms with Gasteiger partial charge in [0, 0.05) is 23.6 Å².